The maximum Gasteiger partial charge on any atom is 0.222 e. The second-order valence-corrected chi connectivity index (χ2v) is 7.55. The molecule has 1 heterocycles. The van der Waals surface area contributed by atoms with Crippen molar-refractivity contribution in [2.45, 2.75) is 52.5 Å². The maximum absolute atomic E-state index is 12.7. The molecule has 1 saturated heterocycles. The Bertz CT molecular complexity index is 769. The van der Waals surface area contributed by atoms with Crippen LogP contribution in [0.3, 0.4) is 0 Å². The Labute approximate surface area is 157 Å². The van der Waals surface area contributed by atoms with E-state index in [9.17, 15) is 4.79 Å². The van der Waals surface area contributed by atoms with E-state index in [-0.39, 0.29) is 5.91 Å². The molecule has 0 bridgehead atoms. The van der Waals surface area contributed by atoms with E-state index in [4.69, 9.17) is 0 Å². The van der Waals surface area contributed by atoms with E-state index >= 15 is 0 Å². The van der Waals surface area contributed by atoms with Crippen molar-refractivity contribution in [3.05, 3.63) is 64.7 Å². The number of likely N-dealkylation sites (tertiary alicyclic amines) is 1. The van der Waals surface area contributed by atoms with Crippen molar-refractivity contribution in [2.75, 3.05) is 18.4 Å². The van der Waals surface area contributed by atoms with Gasteiger partial charge in [0.1, 0.15) is 0 Å². The first-order valence-corrected chi connectivity index (χ1v) is 9.69. The Kier molecular flexibility index (Phi) is 5.97. The fourth-order valence-electron chi connectivity index (χ4n) is 3.68. The lowest BCUT2D eigenvalue weighted by Gasteiger charge is -2.34. The van der Waals surface area contributed by atoms with Crippen molar-refractivity contribution in [3.8, 4) is 0 Å². The number of carbonyl (C=O) groups excluding carboxylic acids is 1. The Hall–Kier alpha value is -2.29. The molecule has 0 unspecified atom stereocenters. The second-order valence-electron chi connectivity index (χ2n) is 7.55. The van der Waals surface area contributed by atoms with Gasteiger partial charge in [0.05, 0.1) is 0 Å². The molecule has 0 saturated carbocycles. The predicted molar refractivity (Wildman–Crippen MR) is 109 cm³/mol. The number of aryl methyl sites for hydroxylation is 4. The van der Waals surface area contributed by atoms with Gasteiger partial charge in [-0.05, 0) is 74.4 Å². The minimum Gasteiger partial charge on any atom is -0.381 e. The Morgan fingerprint density at radius 2 is 1.88 bits per heavy atom. The van der Waals surface area contributed by atoms with Crippen LogP contribution < -0.4 is 5.32 Å². The van der Waals surface area contributed by atoms with Crippen LogP contribution in [0, 0.1) is 20.8 Å². The van der Waals surface area contributed by atoms with Crippen LogP contribution in [0.1, 0.15) is 41.5 Å². The average Bonchev–Trinajstić information content (AvgIpc) is 2.64. The van der Waals surface area contributed by atoms with Crippen LogP contribution >= 0.6 is 0 Å². The van der Waals surface area contributed by atoms with Crippen molar-refractivity contribution >= 4 is 11.6 Å². The number of hydrogen-bond acceptors (Lipinski definition) is 2. The number of hydrogen-bond donors (Lipinski definition) is 1. The molecule has 0 radical (unpaired) electrons. The first kappa shape index (κ1) is 18.5. The van der Waals surface area contributed by atoms with Crippen molar-refractivity contribution in [3.63, 3.8) is 0 Å². The van der Waals surface area contributed by atoms with Crippen molar-refractivity contribution in [1.82, 2.24) is 4.90 Å². The summed E-state index contributed by atoms with van der Waals surface area (Å²) in [5.41, 5.74) is 6.33. The van der Waals surface area contributed by atoms with Crippen LogP contribution in [-0.2, 0) is 11.2 Å². The highest BCUT2D eigenvalue weighted by molar-refractivity contribution is 5.76. The van der Waals surface area contributed by atoms with Crippen molar-refractivity contribution in [2.24, 2.45) is 0 Å². The molecule has 1 amide bonds. The molecule has 138 valence electrons. The van der Waals surface area contributed by atoms with Gasteiger partial charge in [-0.15, -0.1) is 0 Å². The van der Waals surface area contributed by atoms with Crippen LogP contribution in [0.2, 0.25) is 0 Å². The highest BCUT2D eigenvalue weighted by Crippen LogP contribution is 2.20. The largest absolute Gasteiger partial charge is 0.381 e. The number of nitrogens with zero attached hydrogens (tertiary/aromatic N) is 1. The standard InChI is InChI=1S/C23H30N2O/c1-17-10-12-21(15-19(17)3)24-22-9-6-14-25(16-22)23(26)13-11-20-8-5-4-7-18(20)2/h4-5,7-8,10,12,15,22,24H,6,9,11,13-14,16H2,1-3H3/t22-/m0/s1. The van der Waals surface area contributed by atoms with E-state index < -0.39 is 0 Å². The number of benzene rings is 2. The van der Waals surface area contributed by atoms with Gasteiger partial charge in [-0.1, -0.05) is 30.3 Å². The average molecular weight is 351 g/mol. The van der Waals surface area contributed by atoms with E-state index in [0.717, 1.165) is 38.0 Å². The summed E-state index contributed by atoms with van der Waals surface area (Å²) in [7, 11) is 0. The molecule has 3 rings (SSSR count). The first-order chi connectivity index (χ1) is 12.5. The zero-order valence-electron chi connectivity index (χ0n) is 16.2. The molecule has 2 aromatic carbocycles. The smallest absolute Gasteiger partial charge is 0.222 e. The van der Waals surface area contributed by atoms with E-state index in [0.29, 0.717) is 12.5 Å². The summed E-state index contributed by atoms with van der Waals surface area (Å²) in [6, 6.07) is 15.2. The quantitative estimate of drug-likeness (QED) is 0.851. The van der Waals surface area contributed by atoms with Gasteiger partial charge in [-0.25, -0.2) is 0 Å². The molecule has 1 atom stereocenters. The summed E-state index contributed by atoms with van der Waals surface area (Å²) in [5.74, 6) is 0.278. The number of carbonyl (C=O) groups is 1. The molecule has 0 aromatic heterocycles. The van der Waals surface area contributed by atoms with Gasteiger partial charge in [-0.3, -0.25) is 4.79 Å². The minimum atomic E-state index is 0.278. The third-order valence-corrected chi connectivity index (χ3v) is 5.52. The van der Waals surface area contributed by atoms with E-state index in [1.807, 2.05) is 11.0 Å². The van der Waals surface area contributed by atoms with Crippen LogP contribution in [0.4, 0.5) is 5.69 Å². The number of piperidine rings is 1. The third-order valence-electron chi connectivity index (χ3n) is 5.52. The van der Waals surface area contributed by atoms with Gasteiger partial charge in [0.15, 0.2) is 0 Å². The molecule has 3 heteroatoms. The molecule has 26 heavy (non-hydrogen) atoms. The van der Waals surface area contributed by atoms with E-state index in [2.05, 4.69) is 62.5 Å². The number of amides is 1. The van der Waals surface area contributed by atoms with Gasteiger partial charge in [0, 0.05) is 31.2 Å². The summed E-state index contributed by atoms with van der Waals surface area (Å²) in [5, 5.41) is 3.62. The molecule has 1 aliphatic rings. The highest BCUT2D eigenvalue weighted by atomic mass is 16.2. The summed E-state index contributed by atoms with van der Waals surface area (Å²) in [4.78, 5) is 14.7. The second kappa shape index (κ2) is 8.39. The number of anilines is 1. The molecule has 1 N–H and O–H groups in total. The third kappa shape index (κ3) is 4.66. The Morgan fingerprint density at radius 3 is 2.65 bits per heavy atom. The lowest BCUT2D eigenvalue weighted by atomic mass is 10.0. The first-order valence-electron chi connectivity index (χ1n) is 9.69. The maximum atomic E-state index is 12.7. The van der Waals surface area contributed by atoms with Crippen LogP contribution in [0.25, 0.3) is 0 Å². The van der Waals surface area contributed by atoms with Crippen molar-refractivity contribution in [1.29, 1.82) is 0 Å². The molecule has 3 nitrogen and oxygen atoms in total. The normalized spacial score (nSPS) is 17.2. The molecule has 1 fully saturated rings. The van der Waals surface area contributed by atoms with Gasteiger partial charge in [-0.2, -0.15) is 0 Å². The summed E-state index contributed by atoms with van der Waals surface area (Å²) in [6.45, 7) is 8.08. The fraction of sp³-hybridized carbons (Fsp3) is 0.435. The zero-order chi connectivity index (χ0) is 18.5. The Morgan fingerprint density at radius 1 is 1.08 bits per heavy atom. The lowest BCUT2D eigenvalue weighted by Crippen LogP contribution is -2.45. The van der Waals surface area contributed by atoms with Crippen LogP contribution in [0.15, 0.2) is 42.5 Å². The van der Waals surface area contributed by atoms with Crippen molar-refractivity contribution < 1.29 is 4.79 Å². The van der Waals surface area contributed by atoms with Gasteiger partial charge < -0.3 is 10.2 Å². The summed E-state index contributed by atoms with van der Waals surface area (Å²) < 4.78 is 0. The molecule has 2 aromatic rings. The monoisotopic (exact) mass is 350 g/mol. The zero-order valence-corrected chi connectivity index (χ0v) is 16.2. The van der Waals surface area contributed by atoms with E-state index in [1.165, 1.54) is 22.3 Å². The topological polar surface area (TPSA) is 32.3 Å². The van der Waals surface area contributed by atoms with E-state index in [1.54, 1.807) is 0 Å². The minimum absolute atomic E-state index is 0.278. The molecule has 0 aliphatic carbocycles. The molecule has 0 spiro atoms. The molecular formula is C23H30N2O. The Balaban J connectivity index is 1.54. The van der Waals surface area contributed by atoms with Gasteiger partial charge in [0.25, 0.3) is 0 Å². The number of rotatable bonds is 5. The lowest BCUT2D eigenvalue weighted by molar-refractivity contribution is -0.132. The molecule has 1 aliphatic heterocycles. The summed E-state index contributed by atoms with van der Waals surface area (Å²) >= 11 is 0. The summed E-state index contributed by atoms with van der Waals surface area (Å²) in [6.07, 6.45) is 3.62. The highest BCUT2D eigenvalue weighted by Gasteiger charge is 2.23. The predicted octanol–water partition coefficient (Wildman–Crippen LogP) is 4.65. The number of nitrogens with one attached hydrogen (secondary N) is 1. The van der Waals surface area contributed by atoms with Gasteiger partial charge >= 0.3 is 0 Å². The van der Waals surface area contributed by atoms with Crippen LogP contribution in [-0.4, -0.2) is 29.9 Å². The van der Waals surface area contributed by atoms with Crippen LogP contribution in [0.5, 0.6) is 0 Å². The molecular weight excluding hydrogens is 320 g/mol. The fourth-order valence-corrected chi connectivity index (χ4v) is 3.68. The SMILES string of the molecule is Cc1ccc(N[C@H]2CCCN(C(=O)CCc3ccccc3C)C2)cc1C. The van der Waals surface area contributed by atoms with Gasteiger partial charge in [0.2, 0.25) is 5.91 Å².